The van der Waals surface area contributed by atoms with Crippen LogP contribution >= 0.6 is 0 Å². The average Bonchev–Trinajstić information content (AvgIpc) is 3.21. The van der Waals surface area contributed by atoms with Crippen molar-refractivity contribution in [1.82, 2.24) is 4.57 Å². The lowest BCUT2D eigenvalue weighted by molar-refractivity contribution is -0.112. The van der Waals surface area contributed by atoms with E-state index in [4.69, 9.17) is 19.6 Å². The number of oxazole rings is 1. The largest absolute Gasteiger partial charge is 0.505 e. The molecule has 1 aliphatic rings. The van der Waals surface area contributed by atoms with E-state index in [-0.39, 0.29) is 23.6 Å². The van der Waals surface area contributed by atoms with Crippen LogP contribution in [-0.2, 0) is 27.2 Å². The van der Waals surface area contributed by atoms with E-state index in [9.17, 15) is 24.6 Å². The standard InChI is InChI=1S/C29H37N3O8/c1-5-15-32-24-20-11-7-6-10-19(33)14-13-17(2)26(40-28(30)36)22(38-4)12-8-9-18(3)27(35)31-21(25(20)34)16-23(24)39-29(32)37/h5,8-9,12-13,16,19,22,26,33-34H,1,6-7,10-11,14-15H2,2-4H3,(H2,30,36)(H,31,35)/b12-8-,17-13+,18-9+. The summed E-state index contributed by atoms with van der Waals surface area (Å²) >= 11 is 0. The Balaban J connectivity index is 2.05. The van der Waals surface area contributed by atoms with Crippen LogP contribution in [0.2, 0.25) is 0 Å². The molecule has 2 aromatic rings. The summed E-state index contributed by atoms with van der Waals surface area (Å²) in [4.78, 5) is 37.1. The molecule has 0 radical (unpaired) electrons. The number of fused-ring (bicyclic) bond motifs is 4. The Kier molecular flexibility index (Phi) is 10.5. The maximum absolute atomic E-state index is 13.0. The minimum absolute atomic E-state index is 0.103. The summed E-state index contributed by atoms with van der Waals surface area (Å²) in [5.74, 6) is -1.25. The van der Waals surface area contributed by atoms with Crippen LogP contribution in [0.3, 0.4) is 0 Å². The highest BCUT2D eigenvalue weighted by molar-refractivity contribution is 6.05. The van der Waals surface area contributed by atoms with Crippen LogP contribution in [0.4, 0.5) is 10.5 Å². The Hall–Kier alpha value is -4.09. The first-order chi connectivity index (χ1) is 19.1. The van der Waals surface area contributed by atoms with Crippen LogP contribution in [0, 0.1) is 0 Å². The summed E-state index contributed by atoms with van der Waals surface area (Å²) in [6.07, 6.45) is 7.22. The van der Waals surface area contributed by atoms with Crippen LogP contribution in [0.25, 0.3) is 11.1 Å². The summed E-state index contributed by atoms with van der Waals surface area (Å²) in [6, 6.07) is 1.42. The van der Waals surface area contributed by atoms with E-state index in [1.807, 2.05) is 0 Å². The molecule has 0 fully saturated rings. The van der Waals surface area contributed by atoms with Gasteiger partial charge in [0.1, 0.15) is 11.9 Å². The number of nitrogens with two attached hydrogens (primary N) is 1. The minimum Gasteiger partial charge on any atom is -0.505 e. The predicted molar refractivity (Wildman–Crippen MR) is 151 cm³/mol. The van der Waals surface area contributed by atoms with Gasteiger partial charge in [0.2, 0.25) is 0 Å². The number of ether oxygens (including phenoxy) is 2. The van der Waals surface area contributed by atoms with Gasteiger partial charge in [0, 0.05) is 30.9 Å². The number of aryl methyl sites for hydroxylation is 1. The van der Waals surface area contributed by atoms with Crippen molar-refractivity contribution in [2.75, 3.05) is 12.4 Å². The molecule has 216 valence electrons. The Morgan fingerprint density at radius 3 is 2.75 bits per heavy atom. The average molecular weight is 556 g/mol. The number of amides is 2. The maximum Gasteiger partial charge on any atom is 0.420 e. The van der Waals surface area contributed by atoms with Crippen molar-refractivity contribution in [2.24, 2.45) is 5.73 Å². The van der Waals surface area contributed by atoms with Gasteiger partial charge in [0.05, 0.1) is 17.3 Å². The van der Waals surface area contributed by atoms with Crippen LogP contribution < -0.4 is 16.8 Å². The molecule has 2 bridgehead atoms. The number of aliphatic hydroxyl groups is 1. The molecular formula is C29H37N3O8. The van der Waals surface area contributed by atoms with E-state index in [2.05, 4.69) is 11.9 Å². The summed E-state index contributed by atoms with van der Waals surface area (Å²) < 4.78 is 17.6. The molecule has 40 heavy (non-hydrogen) atoms. The lowest BCUT2D eigenvalue weighted by Crippen LogP contribution is -2.34. The number of nitrogens with zero attached hydrogens (tertiary/aromatic N) is 1. The second-order valence-corrected chi connectivity index (χ2v) is 9.70. The highest BCUT2D eigenvalue weighted by atomic mass is 16.6. The lowest BCUT2D eigenvalue weighted by atomic mass is 9.99. The number of aliphatic hydroxyl groups excluding tert-OH is 1. The number of aromatic hydroxyl groups is 1. The van der Waals surface area contributed by atoms with Crippen LogP contribution in [-0.4, -0.2) is 52.2 Å². The van der Waals surface area contributed by atoms with Crippen LogP contribution in [0.5, 0.6) is 5.75 Å². The number of anilines is 1. The topological polar surface area (TPSA) is 166 Å². The third-order valence-electron chi connectivity index (χ3n) is 6.78. The number of rotatable bonds is 4. The molecule has 0 saturated heterocycles. The molecule has 3 atom stereocenters. The summed E-state index contributed by atoms with van der Waals surface area (Å²) in [5, 5.41) is 24.5. The monoisotopic (exact) mass is 555 g/mol. The SMILES string of the molecule is C=CCn1c(=O)oc2cc3c(O)c(c21)CCCCC(O)C/C=C(\C)C(OC(N)=O)C(OC)/C=C\C=C(/C)C(=O)N3. The van der Waals surface area contributed by atoms with Gasteiger partial charge >= 0.3 is 11.8 Å². The molecule has 0 saturated carbocycles. The zero-order chi connectivity index (χ0) is 29.4. The van der Waals surface area contributed by atoms with Gasteiger partial charge < -0.3 is 35.2 Å². The Morgan fingerprint density at radius 2 is 2.08 bits per heavy atom. The fourth-order valence-electron chi connectivity index (χ4n) is 4.62. The van der Waals surface area contributed by atoms with E-state index in [0.717, 1.165) is 0 Å². The number of allylic oxidation sites excluding steroid dienone is 3. The van der Waals surface area contributed by atoms with Gasteiger partial charge in [0.25, 0.3) is 5.91 Å². The fourth-order valence-corrected chi connectivity index (χ4v) is 4.62. The van der Waals surface area contributed by atoms with Crippen LogP contribution in [0.1, 0.15) is 45.1 Å². The summed E-state index contributed by atoms with van der Waals surface area (Å²) in [6.45, 7) is 7.22. The zero-order valence-electron chi connectivity index (χ0n) is 23.0. The summed E-state index contributed by atoms with van der Waals surface area (Å²) in [5.41, 5.74) is 7.46. The molecule has 1 aromatic carbocycles. The molecular weight excluding hydrogens is 518 g/mol. The third kappa shape index (κ3) is 7.30. The van der Waals surface area contributed by atoms with Gasteiger partial charge in [0.15, 0.2) is 11.7 Å². The van der Waals surface area contributed by atoms with Gasteiger partial charge in [-0.25, -0.2) is 9.59 Å². The molecule has 11 heteroatoms. The number of hydrogen-bond donors (Lipinski definition) is 4. The van der Waals surface area contributed by atoms with Gasteiger partial charge in [-0.1, -0.05) is 36.8 Å². The number of primary amides is 1. The van der Waals surface area contributed by atoms with Crippen molar-refractivity contribution in [3.8, 4) is 5.75 Å². The third-order valence-corrected chi connectivity index (χ3v) is 6.78. The van der Waals surface area contributed by atoms with E-state index in [1.54, 1.807) is 38.2 Å². The van der Waals surface area contributed by atoms with Crippen LogP contribution in [0.15, 0.2) is 63.4 Å². The first kappa shape index (κ1) is 30.5. The number of carbonyl (C=O) groups is 2. The second-order valence-electron chi connectivity index (χ2n) is 9.70. The summed E-state index contributed by atoms with van der Waals surface area (Å²) in [7, 11) is 1.45. The fraction of sp³-hybridized carbons (Fsp3) is 0.414. The number of phenolic OH excluding ortho intramolecular Hbond substituents is 1. The van der Waals surface area contributed by atoms with Crippen molar-refractivity contribution < 1.29 is 33.7 Å². The Morgan fingerprint density at radius 1 is 1.32 bits per heavy atom. The van der Waals surface area contributed by atoms with Gasteiger partial charge in [-0.3, -0.25) is 9.36 Å². The van der Waals surface area contributed by atoms with Crippen molar-refractivity contribution >= 4 is 28.8 Å². The molecule has 2 amide bonds. The highest BCUT2D eigenvalue weighted by Gasteiger charge is 2.25. The lowest BCUT2D eigenvalue weighted by Gasteiger charge is -2.24. The number of benzene rings is 1. The number of methoxy groups -OCH3 is 1. The molecule has 0 spiro atoms. The number of aromatic nitrogens is 1. The Bertz CT molecular complexity index is 1400. The maximum atomic E-state index is 13.0. The molecule has 0 aliphatic carbocycles. The van der Waals surface area contributed by atoms with Crippen molar-refractivity contribution in [2.45, 2.75) is 70.8 Å². The highest BCUT2D eigenvalue weighted by Crippen LogP contribution is 2.36. The van der Waals surface area contributed by atoms with Gasteiger partial charge in [-0.15, -0.1) is 6.58 Å². The molecule has 11 nitrogen and oxygen atoms in total. The van der Waals surface area contributed by atoms with Crippen molar-refractivity contribution in [3.05, 3.63) is 70.3 Å². The number of hydrogen-bond acceptors (Lipinski definition) is 8. The minimum atomic E-state index is -0.968. The molecule has 3 rings (SSSR count). The van der Waals surface area contributed by atoms with Gasteiger partial charge in [-0.2, -0.15) is 0 Å². The predicted octanol–water partition coefficient (Wildman–Crippen LogP) is 3.83. The van der Waals surface area contributed by atoms with Gasteiger partial charge in [-0.05, 0) is 45.1 Å². The molecule has 1 aliphatic heterocycles. The first-order valence-electron chi connectivity index (χ1n) is 13.1. The smallest absolute Gasteiger partial charge is 0.420 e. The second kappa shape index (κ2) is 13.8. The number of nitrogens with one attached hydrogen (secondary N) is 1. The molecule has 1 aromatic heterocycles. The Labute approximate surface area is 232 Å². The first-order valence-corrected chi connectivity index (χ1v) is 13.1. The van der Waals surface area contributed by atoms with Crippen molar-refractivity contribution in [3.63, 3.8) is 0 Å². The number of carbonyl (C=O) groups excluding carboxylic acids is 2. The normalized spacial score (nSPS) is 24.8. The molecule has 3 unspecified atom stereocenters. The zero-order valence-corrected chi connectivity index (χ0v) is 23.0. The number of phenols is 1. The molecule has 5 N–H and O–H groups in total. The molecule has 2 heterocycles. The van der Waals surface area contributed by atoms with Crippen molar-refractivity contribution in [1.29, 1.82) is 0 Å². The van der Waals surface area contributed by atoms with E-state index < -0.39 is 36.1 Å². The van der Waals surface area contributed by atoms with E-state index >= 15 is 0 Å². The quantitative estimate of drug-likeness (QED) is 0.326. The van der Waals surface area contributed by atoms with E-state index in [1.165, 1.54) is 23.8 Å². The van der Waals surface area contributed by atoms with E-state index in [0.29, 0.717) is 54.3 Å².